The van der Waals surface area contributed by atoms with Crippen LogP contribution in [0.15, 0.2) is 47.5 Å². The smallest absolute Gasteiger partial charge is 0.320 e. The molecule has 2 aromatic carbocycles. The van der Waals surface area contributed by atoms with Crippen LogP contribution in [0.5, 0.6) is 0 Å². The van der Waals surface area contributed by atoms with Gasteiger partial charge in [0.05, 0.1) is 12.0 Å². The molecular weight excluding hydrogens is 480 g/mol. The molecule has 2 heterocycles. The SMILES string of the molecule is COCC1(C(=O)OC(C)OC(=O)C(C)(C)C)CS[C@@H]2C(N=Cc3ccc4ccccc4c3)C(=O)N2C1. The fourth-order valence-electron chi connectivity index (χ4n) is 4.24. The molecule has 0 spiro atoms. The number of amides is 1. The van der Waals surface area contributed by atoms with E-state index in [1.165, 1.54) is 25.8 Å². The summed E-state index contributed by atoms with van der Waals surface area (Å²) in [5.74, 6) is -0.757. The van der Waals surface area contributed by atoms with Crippen molar-refractivity contribution in [2.24, 2.45) is 15.8 Å². The molecule has 0 bridgehead atoms. The van der Waals surface area contributed by atoms with E-state index in [1.807, 2.05) is 36.4 Å². The third-order valence-electron chi connectivity index (χ3n) is 6.29. The van der Waals surface area contributed by atoms with Gasteiger partial charge in [-0.2, -0.15) is 0 Å². The lowest BCUT2D eigenvalue weighted by Crippen LogP contribution is -2.69. The summed E-state index contributed by atoms with van der Waals surface area (Å²) in [5, 5.41) is 2.11. The van der Waals surface area contributed by atoms with Gasteiger partial charge in [-0.25, -0.2) is 0 Å². The Bertz CT molecular complexity index is 1190. The van der Waals surface area contributed by atoms with Gasteiger partial charge in [-0.3, -0.25) is 19.4 Å². The Morgan fingerprint density at radius 2 is 1.92 bits per heavy atom. The summed E-state index contributed by atoms with van der Waals surface area (Å²) in [7, 11) is 1.50. The predicted molar refractivity (Wildman–Crippen MR) is 139 cm³/mol. The number of benzene rings is 2. The van der Waals surface area contributed by atoms with Crippen molar-refractivity contribution in [1.82, 2.24) is 4.90 Å². The Kier molecular flexibility index (Phi) is 7.43. The number of thioether (sulfide) groups is 1. The zero-order valence-corrected chi connectivity index (χ0v) is 22.0. The summed E-state index contributed by atoms with van der Waals surface area (Å²) in [4.78, 5) is 44.5. The molecule has 4 atom stereocenters. The fourth-order valence-corrected chi connectivity index (χ4v) is 5.75. The lowest BCUT2D eigenvalue weighted by molar-refractivity contribution is -0.199. The summed E-state index contributed by atoms with van der Waals surface area (Å²) in [6.45, 7) is 6.93. The first kappa shape index (κ1) is 26.2. The van der Waals surface area contributed by atoms with E-state index in [-0.39, 0.29) is 24.4 Å². The summed E-state index contributed by atoms with van der Waals surface area (Å²) in [6, 6.07) is 13.6. The first-order chi connectivity index (χ1) is 17.0. The molecule has 0 radical (unpaired) electrons. The van der Waals surface area contributed by atoms with Crippen molar-refractivity contribution in [3.63, 3.8) is 0 Å². The molecule has 36 heavy (non-hydrogen) atoms. The molecule has 2 aliphatic heterocycles. The number of nitrogens with zero attached hydrogens (tertiary/aromatic N) is 2. The maximum Gasteiger partial charge on any atom is 0.320 e. The van der Waals surface area contributed by atoms with Crippen molar-refractivity contribution >= 4 is 46.6 Å². The number of fused-ring (bicyclic) bond motifs is 2. The van der Waals surface area contributed by atoms with Gasteiger partial charge >= 0.3 is 11.9 Å². The van der Waals surface area contributed by atoms with Gasteiger partial charge in [0.1, 0.15) is 10.8 Å². The van der Waals surface area contributed by atoms with Gasteiger partial charge in [-0.1, -0.05) is 36.4 Å². The predicted octanol–water partition coefficient (Wildman–Crippen LogP) is 3.65. The Labute approximate surface area is 215 Å². The zero-order valence-electron chi connectivity index (χ0n) is 21.2. The van der Waals surface area contributed by atoms with Crippen LogP contribution in [0.25, 0.3) is 10.8 Å². The van der Waals surface area contributed by atoms with E-state index in [1.54, 1.807) is 31.9 Å². The lowest BCUT2D eigenvalue weighted by atomic mass is 9.88. The number of rotatable bonds is 7. The van der Waals surface area contributed by atoms with Crippen LogP contribution < -0.4 is 0 Å². The lowest BCUT2D eigenvalue weighted by Gasteiger charge is -2.52. The highest BCUT2D eigenvalue weighted by atomic mass is 32.2. The second-order valence-electron chi connectivity index (χ2n) is 10.3. The minimum absolute atomic E-state index is 0.0836. The number of aliphatic imine (C=N–C) groups is 1. The van der Waals surface area contributed by atoms with Gasteiger partial charge < -0.3 is 19.1 Å². The molecule has 2 aromatic rings. The van der Waals surface area contributed by atoms with Gasteiger partial charge in [-0.15, -0.1) is 11.8 Å². The molecule has 2 aliphatic rings. The van der Waals surface area contributed by atoms with Crippen molar-refractivity contribution in [3.05, 3.63) is 48.0 Å². The summed E-state index contributed by atoms with van der Waals surface area (Å²) < 4.78 is 16.1. The average molecular weight is 513 g/mol. The molecule has 1 amide bonds. The fraction of sp³-hybridized carbons (Fsp3) is 0.481. The third kappa shape index (κ3) is 5.27. The van der Waals surface area contributed by atoms with E-state index >= 15 is 0 Å². The van der Waals surface area contributed by atoms with Crippen molar-refractivity contribution < 1.29 is 28.6 Å². The highest BCUT2D eigenvalue weighted by Gasteiger charge is 2.57. The number of β-lactam (4-membered cyclic amide) rings is 1. The van der Waals surface area contributed by atoms with Gasteiger partial charge in [0.15, 0.2) is 6.04 Å². The largest absolute Gasteiger partial charge is 0.425 e. The molecule has 2 saturated heterocycles. The Balaban J connectivity index is 1.41. The Morgan fingerprint density at radius 1 is 1.19 bits per heavy atom. The second-order valence-corrected chi connectivity index (χ2v) is 11.4. The van der Waals surface area contributed by atoms with Crippen LogP contribution in [-0.2, 0) is 28.6 Å². The number of carbonyl (C=O) groups is 3. The van der Waals surface area contributed by atoms with Crippen LogP contribution in [0.4, 0.5) is 0 Å². The van der Waals surface area contributed by atoms with Crippen LogP contribution in [-0.4, -0.2) is 72.7 Å². The minimum atomic E-state index is -1.05. The van der Waals surface area contributed by atoms with Gasteiger partial charge in [0.2, 0.25) is 6.29 Å². The van der Waals surface area contributed by atoms with E-state index in [0.29, 0.717) is 5.75 Å². The molecule has 192 valence electrons. The molecule has 0 aromatic heterocycles. The molecule has 3 unspecified atom stereocenters. The minimum Gasteiger partial charge on any atom is -0.425 e. The molecule has 0 N–H and O–H groups in total. The van der Waals surface area contributed by atoms with Crippen LogP contribution in [0.1, 0.15) is 33.3 Å². The first-order valence-corrected chi connectivity index (χ1v) is 12.9. The van der Waals surface area contributed by atoms with Crippen LogP contribution >= 0.6 is 11.8 Å². The van der Waals surface area contributed by atoms with Gasteiger partial charge in [0.25, 0.3) is 5.91 Å². The quantitative estimate of drug-likeness (QED) is 0.242. The molecular formula is C27H32N2O6S. The van der Waals surface area contributed by atoms with E-state index in [4.69, 9.17) is 14.2 Å². The zero-order chi connectivity index (χ0) is 26.1. The Hall–Kier alpha value is -2.91. The maximum absolute atomic E-state index is 13.2. The normalized spacial score (nSPS) is 24.8. The van der Waals surface area contributed by atoms with Crippen molar-refractivity contribution in [3.8, 4) is 0 Å². The number of hydrogen-bond donors (Lipinski definition) is 0. The molecule has 0 saturated carbocycles. The highest BCUT2D eigenvalue weighted by molar-refractivity contribution is 8.00. The van der Waals surface area contributed by atoms with Crippen LogP contribution in [0.2, 0.25) is 0 Å². The van der Waals surface area contributed by atoms with Crippen LogP contribution in [0.3, 0.4) is 0 Å². The standard InChI is InChI=1S/C27H32N2O6S/c1-17(34-24(31)26(2,3)4)35-25(32)27(15-33-5)14-29-22(30)21(23(29)36-16-27)28-13-18-10-11-19-8-6-7-9-20(19)12-18/h6-13,17,21,23H,14-16H2,1-5H3/t17?,21?,23-,27?/m1/s1. The van der Waals surface area contributed by atoms with E-state index < -0.39 is 35.1 Å². The van der Waals surface area contributed by atoms with Gasteiger partial charge in [0, 0.05) is 32.5 Å². The van der Waals surface area contributed by atoms with Crippen molar-refractivity contribution in [2.75, 3.05) is 26.0 Å². The van der Waals surface area contributed by atoms with Crippen molar-refractivity contribution in [2.45, 2.75) is 45.4 Å². The second kappa shape index (κ2) is 10.2. The van der Waals surface area contributed by atoms with E-state index in [9.17, 15) is 14.4 Å². The number of esters is 2. The topological polar surface area (TPSA) is 94.5 Å². The third-order valence-corrected chi connectivity index (χ3v) is 7.86. The maximum atomic E-state index is 13.2. The molecule has 0 aliphatic carbocycles. The first-order valence-electron chi connectivity index (χ1n) is 11.9. The molecule has 8 nitrogen and oxygen atoms in total. The number of ether oxygens (including phenoxy) is 3. The summed E-state index contributed by atoms with van der Waals surface area (Å²) >= 11 is 1.49. The van der Waals surface area contributed by atoms with Gasteiger partial charge in [-0.05, 0) is 43.2 Å². The van der Waals surface area contributed by atoms with E-state index in [2.05, 4.69) is 11.1 Å². The molecule has 2 fully saturated rings. The molecule has 4 rings (SSSR count). The highest BCUT2D eigenvalue weighted by Crippen LogP contribution is 2.44. The van der Waals surface area contributed by atoms with E-state index in [0.717, 1.165) is 16.3 Å². The number of carbonyl (C=O) groups excluding carboxylic acids is 3. The molecule has 9 heteroatoms. The van der Waals surface area contributed by atoms with Crippen LogP contribution in [0, 0.1) is 10.8 Å². The average Bonchev–Trinajstić information content (AvgIpc) is 2.83. The summed E-state index contributed by atoms with van der Waals surface area (Å²) in [5.41, 5.74) is -0.844. The number of methoxy groups -OCH3 is 1. The summed E-state index contributed by atoms with van der Waals surface area (Å²) in [6.07, 6.45) is 0.691. The van der Waals surface area contributed by atoms with Crippen molar-refractivity contribution in [1.29, 1.82) is 0 Å². The Morgan fingerprint density at radius 3 is 2.61 bits per heavy atom. The monoisotopic (exact) mass is 512 g/mol. The number of hydrogen-bond acceptors (Lipinski definition) is 8.